The number of furan rings is 1. The van der Waals surface area contributed by atoms with Crippen molar-refractivity contribution in [2.24, 2.45) is 12.0 Å². The second-order valence-corrected chi connectivity index (χ2v) is 6.63. The first kappa shape index (κ1) is 14.1. The molecule has 4 rings (SSSR count). The molecule has 3 aromatic heterocycles. The molecule has 23 heavy (non-hydrogen) atoms. The van der Waals surface area contributed by atoms with Gasteiger partial charge in [-0.1, -0.05) is 0 Å². The maximum absolute atomic E-state index is 12.3. The number of amides is 1. The summed E-state index contributed by atoms with van der Waals surface area (Å²) < 4.78 is 7.75. The molecule has 0 aliphatic heterocycles. The lowest BCUT2D eigenvalue weighted by Gasteiger charge is -2.11. The van der Waals surface area contributed by atoms with E-state index in [9.17, 15) is 4.79 Å². The van der Waals surface area contributed by atoms with E-state index in [1.165, 1.54) is 11.1 Å². The van der Waals surface area contributed by atoms with Crippen LogP contribution in [0.1, 0.15) is 26.8 Å². The minimum absolute atomic E-state index is 0.268. The number of aromatic nitrogens is 2. The maximum Gasteiger partial charge on any atom is 0.281 e. The minimum Gasteiger partial charge on any atom is -0.466 e. The van der Waals surface area contributed by atoms with Crippen molar-refractivity contribution < 1.29 is 9.21 Å². The molecule has 0 fully saturated rings. The number of hydrogen-bond acceptors (Lipinski definition) is 4. The number of fused-ring (bicyclic) bond motifs is 3. The molecule has 1 aliphatic rings. The Balaban J connectivity index is 1.83. The second-order valence-electron chi connectivity index (χ2n) is 5.57. The largest absolute Gasteiger partial charge is 0.466 e. The first-order valence-electron chi connectivity index (χ1n) is 7.41. The standard InChI is InChI=1S/C17H15N3O2S/c1-10-8-12-13(22-10)5-6-14-15(12)20(2)17(23-14)19-16(21)11-4-3-7-18-9-11/h3-4,7-9H,5-6H2,1-2H3. The molecule has 0 unspecified atom stereocenters. The van der Waals surface area contributed by atoms with Crippen LogP contribution >= 0.6 is 11.3 Å². The molecule has 0 N–H and O–H groups in total. The molecule has 3 aromatic rings. The second kappa shape index (κ2) is 5.31. The van der Waals surface area contributed by atoms with Gasteiger partial charge in [0.05, 0.1) is 11.3 Å². The van der Waals surface area contributed by atoms with Gasteiger partial charge in [0.25, 0.3) is 5.91 Å². The van der Waals surface area contributed by atoms with Gasteiger partial charge in [0, 0.05) is 36.3 Å². The summed E-state index contributed by atoms with van der Waals surface area (Å²) in [5.74, 6) is 1.67. The van der Waals surface area contributed by atoms with E-state index in [-0.39, 0.29) is 5.91 Å². The number of carbonyl (C=O) groups is 1. The first-order valence-corrected chi connectivity index (χ1v) is 8.22. The summed E-state index contributed by atoms with van der Waals surface area (Å²) >= 11 is 1.57. The Kier molecular flexibility index (Phi) is 3.27. The molecule has 0 radical (unpaired) electrons. The molecule has 1 aliphatic carbocycles. The molecule has 0 atom stereocenters. The Labute approximate surface area is 137 Å². The minimum atomic E-state index is -0.268. The smallest absolute Gasteiger partial charge is 0.281 e. The number of pyridine rings is 1. The predicted molar refractivity (Wildman–Crippen MR) is 87.3 cm³/mol. The van der Waals surface area contributed by atoms with Crippen molar-refractivity contribution in [1.29, 1.82) is 0 Å². The lowest BCUT2D eigenvalue weighted by atomic mass is 10.0. The normalized spacial score (nSPS) is 13.7. The molecule has 0 bridgehead atoms. The number of aryl methyl sites for hydroxylation is 3. The third kappa shape index (κ3) is 2.35. The van der Waals surface area contributed by atoms with Gasteiger partial charge in [-0.05, 0) is 31.5 Å². The first-order chi connectivity index (χ1) is 11.1. The summed E-state index contributed by atoms with van der Waals surface area (Å²) in [5.41, 5.74) is 2.74. The van der Waals surface area contributed by atoms with Gasteiger partial charge in [-0.15, -0.1) is 11.3 Å². The van der Waals surface area contributed by atoms with Crippen LogP contribution in [-0.2, 0) is 19.9 Å². The molecule has 3 heterocycles. The van der Waals surface area contributed by atoms with Gasteiger partial charge < -0.3 is 8.98 Å². The molecule has 0 saturated carbocycles. The van der Waals surface area contributed by atoms with Crippen LogP contribution in [0.5, 0.6) is 0 Å². The Bertz CT molecular complexity index is 964. The fourth-order valence-corrected chi connectivity index (χ4v) is 4.05. The Morgan fingerprint density at radius 3 is 3.09 bits per heavy atom. The molecule has 5 nitrogen and oxygen atoms in total. The summed E-state index contributed by atoms with van der Waals surface area (Å²) in [5, 5.41) is 0. The molecule has 0 spiro atoms. The van der Waals surface area contributed by atoms with Crippen molar-refractivity contribution >= 4 is 17.2 Å². The van der Waals surface area contributed by atoms with Crippen molar-refractivity contribution in [2.45, 2.75) is 19.8 Å². The Morgan fingerprint density at radius 1 is 1.43 bits per heavy atom. The lowest BCUT2D eigenvalue weighted by molar-refractivity contribution is 0.0997. The Morgan fingerprint density at radius 2 is 2.30 bits per heavy atom. The summed E-state index contributed by atoms with van der Waals surface area (Å²) in [4.78, 5) is 22.5. The van der Waals surface area contributed by atoms with Crippen molar-refractivity contribution in [3.05, 3.63) is 57.4 Å². The quantitative estimate of drug-likeness (QED) is 0.691. The summed E-state index contributed by atoms with van der Waals surface area (Å²) in [6.45, 7) is 1.96. The van der Waals surface area contributed by atoms with E-state index in [1.807, 2.05) is 18.5 Å². The van der Waals surface area contributed by atoms with E-state index >= 15 is 0 Å². The van der Waals surface area contributed by atoms with Gasteiger partial charge in [0.1, 0.15) is 11.5 Å². The molecule has 116 valence electrons. The van der Waals surface area contributed by atoms with Crippen LogP contribution in [-0.4, -0.2) is 15.5 Å². The van der Waals surface area contributed by atoms with Crippen molar-refractivity contribution in [2.75, 3.05) is 0 Å². The van der Waals surface area contributed by atoms with Gasteiger partial charge in [0.15, 0.2) is 4.80 Å². The highest BCUT2D eigenvalue weighted by Gasteiger charge is 2.24. The van der Waals surface area contributed by atoms with Crippen LogP contribution in [0.25, 0.3) is 11.3 Å². The van der Waals surface area contributed by atoms with Crippen molar-refractivity contribution in [3.63, 3.8) is 0 Å². The number of thiazole rings is 1. The summed E-state index contributed by atoms with van der Waals surface area (Å²) in [6, 6.07) is 5.53. The molecule has 0 aromatic carbocycles. The van der Waals surface area contributed by atoms with Crippen LogP contribution in [0.4, 0.5) is 0 Å². The predicted octanol–water partition coefficient (Wildman–Crippen LogP) is 2.89. The van der Waals surface area contributed by atoms with Gasteiger partial charge >= 0.3 is 0 Å². The fraction of sp³-hybridized carbons (Fsp3) is 0.235. The van der Waals surface area contributed by atoms with E-state index in [0.29, 0.717) is 10.4 Å². The summed E-state index contributed by atoms with van der Waals surface area (Å²) in [6.07, 6.45) is 5.00. The van der Waals surface area contributed by atoms with Crippen LogP contribution in [0, 0.1) is 6.92 Å². The van der Waals surface area contributed by atoms with Gasteiger partial charge in [-0.3, -0.25) is 9.78 Å². The highest BCUT2D eigenvalue weighted by molar-refractivity contribution is 7.09. The van der Waals surface area contributed by atoms with Crippen LogP contribution in [0.15, 0.2) is 40.0 Å². The maximum atomic E-state index is 12.3. The third-order valence-corrected chi connectivity index (χ3v) is 5.16. The molecule has 6 heteroatoms. The lowest BCUT2D eigenvalue weighted by Crippen LogP contribution is -2.15. The van der Waals surface area contributed by atoms with E-state index < -0.39 is 0 Å². The molecule has 0 saturated heterocycles. The van der Waals surface area contributed by atoms with Crippen LogP contribution in [0.3, 0.4) is 0 Å². The SMILES string of the molecule is Cc1cc2c(o1)CCc1sc(=NC(=O)c3cccnc3)n(C)c1-2. The molecule has 1 amide bonds. The molecular weight excluding hydrogens is 310 g/mol. The van der Waals surface area contributed by atoms with Gasteiger partial charge in [0.2, 0.25) is 0 Å². The van der Waals surface area contributed by atoms with E-state index in [2.05, 4.69) is 16.0 Å². The van der Waals surface area contributed by atoms with E-state index in [4.69, 9.17) is 4.42 Å². The number of nitrogens with zero attached hydrogens (tertiary/aromatic N) is 3. The number of hydrogen-bond donors (Lipinski definition) is 0. The monoisotopic (exact) mass is 325 g/mol. The molecular formula is C17H15N3O2S. The highest BCUT2D eigenvalue weighted by Crippen LogP contribution is 2.36. The topological polar surface area (TPSA) is 60.4 Å². The average Bonchev–Trinajstić information content (AvgIpc) is 3.08. The third-order valence-electron chi connectivity index (χ3n) is 3.97. The zero-order chi connectivity index (χ0) is 16.0. The van der Waals surface area contributed by atoms with Crippen molar-refractivity contribution in [3.8, 4) is 11.3 Å². The van der Waals surface area contributed by atoms with E-state index in [1.54, 1.807) is 29.7 Å². The van der Waals surface area contributed by atoms with Crippen molar-refractivity contribution in [1.82, 2.24) is 9.55 Å². The summed E-state index contributed by atoms with van der Waals surface area (Å²) in [7, 11) is 1.95. The zero-order valence-corrected chi connectivity index (χ0v) is 13.7. The van der Waals surface area contributed by atoms with Crippen LogP contribution in [0.2, 0.25) is 0 Å². The van der Waals surface area contributed by atoms with E-state index in [0.717, 1.165) is 35.6 Å². The Hall–Kier alpha value is -2.47. The van der Waals surface area contributed by atoms with Gasteiger partial charge in [-0.2, -0.15) is 4.99 Å². The highest BCUT2D eigenvalue weighted by atomic mass is 32.1. The fourth-order valence-electron chi connectivity index (χ4n) is 2.92. The van der Waals surface area contributed by atoms with Crippen LogP contribution < -0.4 is 4.80 Å². The average molecular weight is 325 g/mol. The number of rotatable bonds is 1. The van der Waals surface area contributed by atoms with Gasteiger partial charge in [-0.25, -0.2) is 0 Å². The number of carbonyl (C=O) groups excluding carboxylic acids is 1. The zero-order valence-electron chi connectivity index (χ0n) is 12.9.